The second-order valence-electron chi connectivity index (χ2n) is 1.57. The Morgan fingerprint density at radius 3 is 2.38 bits per heavy atom. The summed E-state index contributed by atoms with van der Waals surface area (Å²) in [6.45, 7) is -0.0922. The third-order valence-electron chi connectivity index (χ3n) is 0.853. The van der Waals surface area contributed by atoms with Crippen molar-refractivity contribution >= 4 is 23.2 Å². The van der Waals surface area contributed by atoms with E-state index in [9.17, 15) is 5.11 Å². The fourth-order valence-corrected chi connectivity index (χ4v) is 0.964. The predicted molar refractivity (Wildman–Crippen MR) is 35.1 cm³/mol. The minimum Gasteiger partial charge on any atom is -0.237 e. The third-order valence-corrected chi connectivity index (χ3v) is 1.51. The molecule has 0 rings (SSSR count). The molecular weight excluding hydrogens is 147 g/mol. The molecule has 0 bridgehead atoms. The molecule has 1 nitrogen and oxygen atoms in total. The van der Waals surface area contributed by atoms with Gasteiger partial charge in [-0.05, 0) is 12.8 Å². The maximum Gasteiger partial charge on any atom is 0.0836 e. The largest absolute Gasteiger partial charge is 0.237 e. The summed E-state index contributed by atoms with van der Waals surface area (Å²) < 4.78 is 0. The van der Waals surface area contributed by atoms with E-state index in [0.29, 0.717) is 12.3 Å². The molecule has 0 aliphatic carbocycles. The molecule has 49 valence electrons. The Hall–Kier alpha value is 0.540. The average molecular weight is 156 g/mol. The van der Waals surface area contributed by atoms with Crippen LogP contribution in [0.4, 0.5) is 0 Å². The van der Waals surface area contributed by atoms with E-state index in [-0.39, 0.29) is 12.0 Å². The molecule has 0 saturated heterocycles. The second-order valence-corrected chi connectivity index (χ2v) is 2.56. The van der Waals surface area contributed by atoms with Gasteiger partial charge in [0.2, 0.25) is 0 Å². The number of hydrogen-bond acceptors (Lipinski definition) is 0. The maximum atomic E-state index is 9.89. The summed E-state index contributed by atoms with van der Waals surface area (Å²) in [6, 6.07) is 0. The molecule has 0 saturated carbocycles. The normalized spacial score (nSPS) is 13.9. The molecule has 0 amide bonds. The van der Waals surface area contributed by atoms with Crippen LogP contribution >= 0.6 is 23.2 Å². The maximum absolute atomic E-state index is 9.89. The average Bonchev–Trinajstić information content (AvgIpc) is 1.68. The Morgan fingerprint density at radius 2 is 2.00 bits per heavy atom. The number of hydrogen-bond donors (Lipinski definition) is 0. The molecule has 3 heteroatoms. The zero-order chi connectivity index (χ0) is 6.41. The molecule has 0 aliphatic heterocycles. The van der Waals surface area contributed by atoms with E-state index in [1.165, 1.54) is 0 Å². The van der Waals surface area contributed by atoms with Gasteiger partial charge in [0.15, 0.2) is 0 Å². The van der Waals surface area contributed by atoms with Crippen molar-refractivity contribution in [2.45, 2.75) is 18.2 Å². The molecule has 1 unspecified atom stereocenters. The molecule has 0 N–H and O–H groups in total. The fraction of sp³-hybridized carbons (Fsp3) is 1.00. The highest BCUT2D eigenvalue weighted by Gasteiger charge is 2.00. The quantitative estimate of drug-likeness (QED) is 0.555. The Morgan fingerprint density at radius 1 is 1.38 bits per heavy atom. The number of halogens is 2. The molecule has 0 aliphatic rings. The highest BCUT2D eigenvalue weighted by molar-refractivity contribution is 6.22. The van der Waals surface area contributed by atoms with Crippen molar-refractivity contribution < 1.29 is 5.11 Å². The standard InChI is InChI=1S/C5H9Cl2O/c6-3-1-5(7)2-4-8/h5H,1-4H2. The van der Waals surface area contributed by atoms with Crippen LogP contribution in [-0.4, -0.2) is 17.9 Å². The van der Waals surface area contributed by atoms with Gasteiger partial charge in [-0.25, -0.2) is 5.11 Å². The SMILES string of the molecule is [O]CCC(Cl)CCCl. The summed E-state index contributed by atoms with van der Waals surface area (Å²) in [5.74, 6) is 0.550. The van der Waals surface area contributed by atoms with Gasteiger partial charge in [-0.3, -0.25) is 0 Å². The molecular formula is C5H9Cl2O. The van der Waals surface area contributed by atoms with Crippen LogP contribution < -0.4 is 0 Å². The highest BCUT2D eigenvalue weighted by atomic mass is 35.5. The van der Waals surface area contributed by atoms with E-state index in [1.54, 1.807) is 0 Å². The van der Waals surface area contributed by atoms with Gasteiger partial charge in [-0.15, -0.1) is 23.2 Å². The van der Waals surface area contributed by atoms with Gasteiger partial charge >= 0.3 is 0 Å². The van der Waals surface area contributed by atoms with Crippen molar-refractivity contribution in [2.75, 3.05) is 12.5 Å². The first-order chi connectivity index (χ1) is 3.81. The van der Waals surface area contributed by atoms with E-state index >= 15 is 0 Å². The zero-order valence-corrected chi connectivity index (χ0v) is 6.08. The first kappa shape index (κ1) is 8.54. The lowest BCUT2D eigenvalue weighted by Gasteiger charge is -2.00. The molecule has 0 spiro atoms. The van der Waals surface area contributed by atoms with Crippen molar-refractivity contribution in [3.8, 4) is 0 Å². The third kappa shape index (κ3) is 4.69. The van der Waals surface area contributed by atoms with Crippen LogP contribution in [0.25, 0.3) is 0 Å². The van der Waals surface area contributed by atoms with E-state index in [4.69, 9.17) is 23.2 Å². The van der Waals surface area contributed by atoms with Crippen LogP contribution in [0.5, 0.6) is 0 Å². The van der Waals surface area contributed by atoms with Gasteiger partial charge in [0.1, 0.15) is 0 Å². The fourth-order valence-electron chi connectivity index (χ4n) is 0.391. The van der Waals surface area contributed by atoms with Crippen molar-refractivity contribution in [2.24, 2.45) is 0 Å². The summed E-state index contributed by atoms with van der Waals surface area (Å²) in [5, 5.41) is 9.88. The molecule has 0 aromatic carbocycles. The Bertz CT molecular complexity index is 43.7. The van der Waals surface area contributed by atoms with Gasteiger partial charge < -0.3 is 0 Å². The monoisotopic (exact) mass is 155 g/mol. The van der Waals surface area contributed by atoms with Gasteiger partial charge in [-0.2, -0.15) is 0 Å². The first-order valence-corrected chi connectivity index (χ1v) is 3.56. The van der Waals surface area contributed by atoms with Gasteiger partial charge in [0.05, 0.1) is 6.61 Å². The minimum absolute atomic E-state index is 0.00926. The molecule has 0 heterocycles. The van der Waals surface area contributed by atoms with Crippen LogP contribution in [0.2, 0.25) is 0 Å². The molecule has 1 radical (unpaired) electrons. The Labute approximate surface area is 59.6 Å². The van der Waals surface area contributed by atoms with Crippen LogP contribution in [0.15, 0.2) is 0 Å². The lowest BCUT2D eigenvalue weighted by atomic mass is 10.2. The highest BCUT2D eigenvalue weighted by Crippen LogP contribution is 2.06. The second kappa shape index (κ2) is 5.67. The molecule has 0 aromatic heterocycles. The van der Waals surface area contributed by atoms with E-state index in [0.717, 1.165) is 6.42 Å². The van der Waals surface area contributed by atoms with Crippen molar-refractivity contribution in [3.63, 3.8) is 0 Å². The molecule has 0 fully saturated rings. The molecule has 0 aromatic rings. The topological polar surface area (TPSA) is 19.9 Å². The Balaban J connectivity index is 2.92. The van der Waals surface area contributed by atoms with Crippen LogP contribution in [0, 0.1) is 0 Å². The lowest BCUT2D eigenvalue weighted by molar-refractivity contribution is 0.187. The smallest absolute Gasteiger partial charge is 0.0836 e. The zero-order valence-electron chi connectivity index (χ0n) is 4.57. The lowest BCUT2D eigenvalue weighted by Crippen LogP contribution is -2.00. The van der Waals surface area contributed by atoms with Crippen LogP contribution in [0.1, 0.15) is 12.8 Å². The van der Waals surface area contributed by atoms with Gasteiger partial charge in [-0.1, -0.05) is 0 Å². The van der Waals surface area contributed by atoms with Crippen LogP contribution in [-0.2, 0) is 5.11 Å². The number of rotatable bonds is 4. The summed E-state index contributed by atoms with van der Waals surface area (Å²) in [4.78, 5) is 0. The predicted octanol–water partition coefficient (Wildman–Crippen LogP) is 2.04. The summed E-state index contributed by atoms with van der Waals surface area (Å²) in [6.07, 6.45) is 1.28. The summed E-state index contributed by atoms with van der Waals surface area (Å²) in [5.41, 5.74) is 0. The summed E-state index contributed by atoms with van der Waals surface area (Å²) >= 11 is 10.9. The van der Waals surface area contributed by atoms with Crippen LogP contribution in [0.3, 0.4) is 0 Å². The summed E-state index contributed by atoms with van der Waals surface area (Å²) in [7, 11) is 0. The first-order valence-electron chi connectivity index (χ1n) is 2.59. The van der Waals surface area contributed by atoms with E-state index < -0.39 is 0 Å². The Kier molecular flexibility index (Phi) is 6.06. The van der Waals surface area contributed by atoms with Gasteiger partial charge in [0.25, 0.3) is 0 Å². The minimum atomic E-state index is -0.0922. The van der Waals surface area contributed by atoms with Gasteiger partial charge in [0, 0.05) is 11.3 Å². The molecule has 1 atom stereocenters. The van der Waals surface area contributed by atoms with E-state index in [1.807, 2.05) is 0 Å². The van der Waals surface area contributed by atoms with Crippen molar-refractivity contribution in [1.29, 1.82) is 0 Å². The van der Waals surface area contributed by atoms with Crippen molar-refractivity contribution in [3.05, 3.63) is 0 Å². The molecule has 8 heavy (non-hydrogen) atoms. The van der Waals surface area contributed by atoms with Crippen molar-refractivity contribution in [1.82, 2.24) is 0 Å². The number of alkyl halides is 2. The van der Waals surface area contributed by atoms with E-state index in [2.05, 4.69) is 0 Å².